The number of hydrazine groups is 1. The zero-order valence-corrected chi connectivity index (χ0v) is 19.0. The molecule has 0 saturated carbocycles. The molecule has 3 aromatic carbocycles. The molecule has 0 aromatic heterocycles. The molecule has 0 saturated heterocycles. The number of Topliss-reactive ketones (excluding diaryl/α,β-unsaturated/α-hetero) is 1. The monoisotopic (exact) mass is 483 g/mol. The van der Waals surface area contributed by atoms with Gasteiger partial charge < -0.3 is 21.5 Å². The number of nitrogens with two attached hydrogens (primary N) is 2. The number of hydrogen-bond donors (Lipinski definition) is 5. The summed E-state index contributed by atoms with van der Waals surface area (Å²) in [6.07, 6.45) is 0. The summed E-state index contributed by atoms with van der Waals surface area (Å²) in [6.45, 7) is 0. The first kappa shape index (κ1) is 22.6. The third kappa shape index (κ3) is 3.98. The van der Waals surface area contributed by atoms with Gasteiger partial charge in [0.05, 0.1) is 23.9 Å². The number of nitrogen functional groups attached to an aromatic ring is 2. The minimum absolute atomic E-state index is 0.180. The second-order valence-electron chi connectivity index (χ2n) is 8.13. The first-order valence-corrected chi connectivity index (χ1v) is 10.9. The van der Waals surface area contributed by atoms with Crippen molar-refractivity contribution in [3.8, 4) is 5.75 Å². The van der Waals surface area contributed by atoms with Gasteiger partial charge in [-0.1, -0.05) is 12.1 Å². The molecule has 36 heavy (non-hydrogen) atoms. The Balaban J connectivity index is 1.34. The molecule has 1 aliphatic carbocycles. The Kier molecular flexibility index (Phi) is 5.57. The summed E-state index contributed by atoms with van der Waals surface area (Å²) in [5.74, 6) is -0.204. The Labute approximate surface area is 205 Å². The average Bonchev–Trinajstić information content (AvgIpc) is 3.42. The van der Waals surface area contributed by atoms with Crippen LogP contribution >= 0.6 is 0 Å². The number of carbonyl (C=O) groups excluding carboxylic acids is 3. The number of nitrogens with one attached hydrogen (secondary N) is 3. The molecule has 0 fully saturated rings. The second-order valence-corrected chi connectivity index (χ2v) is 8.13. The van der Waals surface area contributed by atoms with Gasteiger partial charge in [-0.25, -0.2) is 10.2 Å². The minimum atomic E-state index is -0.746. The van der Waals surface area contributed by atoms with Crippen LogP contribution in [0.25, 0.3) is 5.70 Å². The molecule has 1 heterocycles. The van der Waals surface area contributed by atoms with E-state index in [0.717, 1.165) is 5.56 Å². The van der Waals surface area contributed by atoms with E-state index in [0.29, 0.717) is 39.5 Å². The number of azo groups is 1. The van der Waals surface area contributed by atoms with E-state index in [4.69, 9.17) is 16.2 Å². The van der Waals surface area contributed by atoms with Gasteiger partial charge in [0.15, 0.2) is 5.78 Å². The fourth-order valence-electron chi connectivity index (χ4n) is 4.21. The maximum Gasteiger partial charge on any atom is 0.337 e. The summed E-state index contributed by atoms with van der Waals surface area (Å²) in [7, 11) is 1.57. The van der Waals surface area contributed by atoms with Crippen molar-refractivity contribution in [3.63, 3.8) is 0 Å². The van der Waals surface area contributed by atoms with Crippen molar-refractivity contribution >= 4 is 40.5 Å². The van der Waals surface area contributed by atoms with Crippen molar-refractivity contribution in [2.45, 2.75) is 6.04 Å². The molecule has 11 nitrogen and oxygen atoms in total. The minimum Gasteiger partial charge on any atom is -0.497 e. The predicted octanol–water partition coefficient (Wildman–Crippen LogP) is 3.44. The van der Waals surface area contributed by atoms with Gasteiger partial charge in [-0.3, -0.25) is 15.0 Å². The van der Waals surface area contributed by atoms with Gasteiger partial charge in [-0.15, -0.1) is 0 Å². The molecule has 1 unspecified atom stereocenters. The van der Waals surface area contributed by atoms with Crippen molar-refractivity contribution in [2.75, 3.05) is 23.9 Å². The van der Waals surface area contributed by atoms with Gasteiger partial charge in [-0.2, -0.15) is 10.2 Å². The van der Waals surface area contributed by atoms with Crippen LogP contribution in [0.2, 0.25) is 0 Å². The number of rotatable bonds is 4. The van der Waals surface area contributed by atoms with Gasteiger partial charge in [0, 0.05) is 22.5 Å². The van der Waals surface area contributed by atoms with Crippen molar-refractivity contribution in [1.29, 1.82) is 0 Å². The number of ether oxygens (including phenoxy) is 1. The fourth-order valence-corrected chi connectivity index (χ4v) is 4.21. The molecule has 180 valence electrons. The third-order valence-electron chi connectivity index (χ3n) is 5.81. The van der Waals surface area contributed by atoms with E-state index in [-0.39, 0.29) is 17.0 Å². The average molecular weight is 483 g/mol. The van der Waals surface area contributed by atoms with E-state index >= 15 is 0 Å². The lowest BCUT2D eigenvalue weighted by atomic mass is 10.0. The van der Waals surface area contributed by atoms with Crippen LogP contribution in [0.4, 0.5) is 21.9 Å². The molecular weight excluding hydrogens is 462 g/mol. The predicted molar refractivity (Wildman–Crippen MR) is 133 cm³/mol. The summed E-state index contributed by atoms with van der Waals surface area (Å²) in [4.78, 5) is 38.3. The summed E-state index contributed by atoms with van der Waals surface area (Å²) in [6, 6.07) is 15.3. The Bertz CT molecular complexity index is 1460. The zero-order valence-electron chi connectivity index (χ0n) is 19.0. The smallest absolute Gasteiger partial charge is 0.337 e. The number of anilines is 3. The van der Waals surface area contributed by atoms with Crippen LogP contribution in [0, 0.1) is 0 Å². The lowest BCUT2D eigenvalue weighted by molar-refractivity contribution is 0.0937. The van der Waals surface area contributed by atoms with E-state index in [1.54, 1.807) is 37.4 Å². The molecule has 3 amide bonds. The quantitative estimate of drug-likeness (QED) is 0.281. The number of benzene rings is 3. The van der Waals surface area contributed by atoms with Crippen LogP contribution in [0.5, 0.6) is 5.75 Å². The molecule has 1 atom stereocenters. The van der Waals surface area contributed by atoms with Crippen LogP contribution in [-0.4, -0.2) is 24.8 Å². The van der Waals surface area contributed by atoms with Crippen LogP contribution in [0.15, 0.2) is 76.5 Å². The number of ketones is 1. The SMILES string of the molecule is COc1ccc(C2=C3C(=O)c4c(NC(=O)NNC(=O)c5cc(N)cc(N)c5)cccc4C3N=N2)cc1. The van der Waals surface area contributed by atoms with Crippen LogP contribution < -0.4 is 32.4 Å². The number of carbonyl (C=O) groups is 3. The van der Waals surface area contributed by atoms with Gasteiger partial charge >= 0.3 is 6.03 Å². The van der Waals surface area contributed by atoms with Gasteiger partial charge in [0.1, 0.15) is 17.5 Å². The van der Waals surface area contributed by atoms with Crippen LogP contribution in [0.3, 0.4) is 0 Å². The lowest BCUT2D eigenvalue weighted by Crippen LogP contribution is -2.44. The maximum atomic E-state index is 13.4. The first-order chi connectivity index (χ1) is 17.4. The molecule has 2 aliphatic rings. The van der Waals surface area contributed by atoms with E-state index in [1.165, 1.54) is 18.2 Å². The highest BCUT2D eigenvalue weighted by molar-refractivity contribution is 6.22. The molecule has 0 bridgehead atoms. The summed E-state index contributed by atoms with van der Waals surface area (Å²) >= 11 is 0. The zero-order chi connectivity index (χ0) is 25.4. The Morgan fingerprint density at radius 2 is 1.69 bits per heavy atom. The molecule has 7 N–H and O–H groups in total. The maximum absolute atomic E-state index is 13.4. The van der Waals surface area contributed by atoms with Gasteiger partial charge in [0.2, 0.25) is 0 Å². The van der Waals surface area contributed by atoms with E-state index < -0.39 is 18.0 Å². The van der Waals surface area contributed by atoms with E-state index in [1.807, 2.05) is 12.1 Å². The highest BCUT2D eigenvalue weighted by atomic mass is 16.5. The fraction of sp³-hybridized carbons (Fsp3) is 0.0800. The van der Waals surface area contributed by atoms with Crippen molar-refractivity contribution < 1.29 is 19.1 Å². The van der Waals surface area contributed by atoms with Crippen molar-refractivity contribution in [2.24, 2.45) is 10.2 Å². The molecule has 1 aliphatic heterocycles. The van der Waals surface area contributed by atoms with Gasteiger partial charge in [0.25, 0.3) is 5.91 Å². The van der Waals surface area contributed by atoms with Gasteiger partial charge in [-0.05, 0) is 54.1 Å². The third-order valence-corrected chi connectivity index (χ3v) is 5.81. The second kappa shape index (κ2) is 8.87. The summed E-state index contributed by atoms with van der Waals surface area (Å²) in [5.41, 5.74) is 19.7. The van der Waals surface area contributed by atoms with Crippen molar-refractivity contribution in [3.05, 3.63) is 88.5 Å². The van der Waals surface area contributed by atoms with E-state index in [2.05, 4.69) is 26.4 Å². The number of nitrogens with zero attached hydrogens (tertiary/aromatic N) is 2. The lowest BCUT2D eigenvalue weighted by Gasteiger charge is -2.12. The molecule has 3 aromatic rings. The van der Waals surface area contributed by atoms with Crippen molar-refractivity contribution in [1.82, 2.24) is 10.9 Å². The number of methoxy groups -OCH3 is 1. The Hall–Kier alpha value is -5.19. The highest BCUT2D eigenvalue weighted by Crippen LogP contribution is 2.49. The number of fused-ring (bicyclic) bond motifs is 3. The summed E-state index contributed by atoms with van der Waals surface area (Å²) < 4.78 is 5.19. The summed E-state index contributed by atoms with van der Waals surface area (Å²) in [5, 5.41) is 11.2. The molecule has 0 spiro atoms. The first-order valence-electron chi connectivity index (χ1n) is 10.9. The number of amides is 3. The normalized spacial score (nSPS) is 15.4. The Morgan fingerprint density at radius 3 is 2.39 bits per heavy atom. The van der Waals surface area contributed by atoms with Crippen LogP contribution in [-0.2, 0) is 0 Å². The Morgan fingerprint density at radius 1 is 0.972 bits per heavy atom. The van der Waals surface area contributed by atoms with Crippen LogP contribution in [0.1, 0.15) is 37.9 Å². The molecule has 11 heteroatoms. The topological polar surface area (TPSA) is 173 Å². The molecule has 0 radical (unpaired) electrons. The van der Waals surface area contributed by atoms with E-state index in [9.17, 15) is 14.4 Å². The standard InChI is InChI=1S/C25H21N7O4/c1-36-16-7-5-12(6-8-16)21-20-22(30-29-21)17-3-2-4-18(19(17)23(20)33)28-25(35)32-31-24(34)13-9-14(26)11-15(27)10-13/h2-11,22H,26-27H2,1H3,(H,31,34)(H2,28,32,35). The molecule has 5 rings (SSSR count). The number of hydrogen-bond acceptors (Lipinski definition) is 8. The number of urea groups is 1. The highest BCUT2D eigenvalue weighted by Gasteiger charge is 2.42. The molecular formula is C25H21N7O4. The largest absolute Gasteiger partial charge is 0.497 e.